The Kier molecular flexibility index (Phi) is 5.70. The number of anilines is 1. The van der Waals surface area contributed by atoms with Crippen molar-refractivity contribution in [2.45, 2.75) is 65.0 Å². The van der Waals surface area contributed by atoms with Gasteiger partial charge >= 0.3 is 5.97 Å². The molecular formula is C18H23N3O4S. The van der Waals surface area contributed by atoms with Crippen LogP contribution < -0.4 is 4.90 Å². The number of ether oxygens (including phenoxy) is 1. The highest BCUT2D eigenvalue weighted by Crippen LogP contribution is 2.30. The van der Waals surface area contributed by atoms with E-state index in [1.165, 1.54) is 17.8 Å². The minimum absolute atomic E-state index is 0.0996. The van der Waals surface area contributed by atoms with Crippen LogP contribution in [0.1, 0.15) is 60.8 Å². The van der Waals surface area contributed by atoms with Gasteiger partial charge in [0.25, 0.3) is 5.91 Å². The van der Waals surface area contributed by atoms with E-state index in [1.54, 1.807) is 31.9 Å². The van der Waals surface area contributed by atoms with Gasteiger partial charge in [0.2, 0.25) is 0 Å². The van der Waals surface area contributed by atoms with E-state index >= 15 is 0 Å². The van der Waals surface area contributed by atoms with Crippen molar-refractivity contribution < 1.29 is 18.8 Å². The third-order valence-corrected chi connectivity index (χ3v) is 5.44. The van der Waals surface area contributed by atoms with E-state index < -0.39 is 12.1 Å². The SMILES string of the molecule is Cc1noc(C)c1C(=O)O[C@@H](C)C(=O)N(c1nccs1)C1CCCCC1. The van der Waals surface area contributed by atoms with E-state index in [-0.39, 0.29) is 17.5 Å². The van der Waals surface area contributed by atoms with E-state index in [9.17, 15) is 9.59 Å². The zero-order chi connectivity index (χ0) is 18.7. The molecule has 0 N–H and O–H groups in total. The van der Waals surface area contributed by atoms with Crippen molar-refractivity contribution in [2.75, 3.05) is 4.90 Å². The molecule has 8 heteroatoms. The van der Waals surface area contributed by atoms with Crippen molar-refractivity contribution in [2.24, 2.45) is 0 Å². The van der Waals surface area contributed by atoms with Crippen LogP contribution in [0.3, 0.4) is 0 Å². The van der Waals surface area contributed by atoms with Gasteiger partial charge in [0, 0.05) is 17.6 Å². The zero-order valence-electron chi connectivity index (χ0n) is 15.2. The second-order valence-electron chi connectivity index (χ2n) is 6.56. The van der Waals surface area contributed by atoms with Crippen molar-refractivity contribution in [1.29, 1.82) is 0 Å². The Balaban J connectivity index is 1.76. The summed E-state index contributed by atoms with van der Waals surface area (Å²) in [7, 11) is 0. The topological polar surface area (TPSA) is 85.5 Å². The first-order valence-corrected chi connectivity index (χ1v) is 9.73. The standard InChI is InChI=1S/C18H23N3O4S/c1-11-15(12(2)25-20-11)17(23)24-13(3)16(22)21(18-19-9-10-26-18)14-7-5-4-6-8-14/h9-10,13-14H,4-8H2,1-3H3/t13-/m0/s1. The lowest BCUT2D eigenvalue weighted by molar-refractivity contribution is -0.127. The lowest BCUT2D eigenvalue weighted by atomic mass is 9.94. The largest absolute Gasteiger partial charge is 0.449 e. The van der Waals surface area contributed by atoms with E-state index in [2.05, 4.69) is 10.1 Å². The summed E-state index contributed by atoms with van der Waals surface area (Å²) in [5, 5.41) is 6.26. The second kappa shape index (κ2) is 7.99. The fourth-order valence-corrected chi connectivity index (χ4v) is 4.06. The monoisotopic (exact) mass is 377 g/mol. The molecule has 1 atom stereocenters. The van der Waals surface area contributed by atoms with E-state index in [4.69, 9.17) is 9.26 Å². The number of amides is 1. The lowest BCUT2D eigenvalue weighted by Gasteiger charge is -2.33. The highest BCUT2D eigenvalue weighted by Gasteiger charge is 2.34. The normalized spacial score (nSPS) is 16.3. The minimum atomic E-state index is -0.915. The number of hydrogen-bond acceptors (Lipinski definition) is 7. The molecule has 1 saturated carbocycles. The predicted octanol–water partition coefficient (Wildman–Crippen LogP) is 3.66. The van der Waals surface area contributed by atoms with Crippen molar-refractivity contribution in [3.05, 3.63) is 28.6 Å². The van der Waals surface area contributed by atoms with Gasteiger partial charge in [-0.05, 0) is 33.6 Å². The molecule has 26 heavy (non-hydrogen) atoms. The predicted molar refractivity (Wildman–Crippen MR) is 97.3 cm³/mol. The van der Waals surface area contributed by atoms with Crippen molar-refractivity contribution in [3.63, 3.8) is 0 Å². The van der Waals surface area contributed by atoms with Crippen molar-refractivity contribution >= 4 is 28.3 Å². The second-order valence-corrected chi connectivity index (χ2v) is 7.43. The summed E-state index contributed by atoms with van der Waals surface area (Å²) in [5.41, 5.74) is 0.735. The Labute approximate surface area is 156 Å². The first-order valence-electron chi connectivity index (χ1n) is 8.85. The molecule has 1 fully saturated rings. The Morgan fingerprint density at radius 3 is 2.62 bits per heavy atom. The van der Waals surface area contributed by atoms with E-state index in [0.29, 0.717) is 16.6 Å². The van der Waals surface area contributed by atoms with Crippen LogP contribution in [0.2, 0.25) is 0 Å². The number of thiazole rings is 1. The van der Waals surface area contributed by atoms with Crippen LogP contribution in [0.4, 0.5) is 5.13 Å². The Morgan fingerprint density at radius 2 is 2.04 bits per heavy atom. The summed E-state index contributed by atoms with van der Waals surface area (Å²) >= 11 is 1.42. The van der Waals surface area contributed by atoms with Crippen LogP contribution in [0.15, 0.2) is 16.1 Å². The average Bonchev–Trinajstić information content (AvgIpc) is 3.26. The van der Waals surface area contributed by atoms with Gasteiger partial charge in [0.15, 0.2) is 11.2 Å². The Morgan fingerprint density at radius 1 is 1.31 bits per heavy atom. The molecule has 0 radical (unpaired) electrons. The molecule has 0 bridgehead atoms. The number of rotatable bonds is 5. The summed E-state index contributed by atoms with van der Waals surface area (Å²) in [5.74, 6) is -0.451. The number of carbonyl (C=O) groups excluding carboxylic acids is 2. The number of hydrogen-bond donors (Lipinski definition) is 0. The molecular weight excluding hydrogens is 354 g/mol. The summed E-state index contributed by atoms with van der Waals surface area (Å²) in [4.78, 5) is 31.6. The third kappa shape index (κ3) is 3.80. The molecule has 0 aromatic carbocycles. The number of carbonyl (C=O) groups is 2. The molecule has 2 aromatic heterocycles. The molecule has 2 heterocycles. The van der Waals surface area contributed by atoms with Crippen LogP contribution in [-0.4, -0.2) is 34.2 Å². The highest BCUT2D eigenvalue weighted by molar-refractivity contribution is 7.13. The molecule has 3 rings (SSSR count). The van der Waals surface area contributed by atoms with Gasteiger partial charge in [-0.25, -0.2) is 9.78 Å². The van der Waals surface area contributed by atoms with Crippen LogP contribution in [0.5, 0.6) is 0 Å². The van der Waals surface area contributed by atoms with Crippen LogP contribution >= 0.6 is 11.3 Å². The van der Waals surface area contributed by atoms with Crippen LogP contribution in [0, 0.1) is 13.8 Å². The maximum absolute atomic E-state index is 13.1. The molecule has 2 aromatic rings. The molecule has 7 nitrogen and oxygen atoms in total. The summed E-state index contributed by atoms with van der Waals surface area (Å²) in [6.45, 7) is 4.91. The lowest BCUT2D eigenvalue weighted by Crippen LogP contribution is -2.47. The Hall–Kier alpha value is -2.22. The first kappa shape index (κ1) is 18.6. The molecule has 140 valence electrons. The van der Waals surface area contributed by atoms with Gasteiger partial charge in [-0.2, -0.15) is 0 Å². The molecule has 1 aliphatic rings. The smallest absolute Gasteiger partial charge is 0.344 e. The molecule has 1 aliphatic carbocycles. The van der Waals surface area contributed by atoms with Gasteiger partial charge in [-0.15, -0.1) is 11.3 Å². The molecule has 0 saturated heterocycles. The van der Waals surface area contributed by atoms with Gasteiger partial charge in [0.1, 0.15) is 11.3 Å². The van der Waals surface area contributed by atoms with Gasteiger partial charge in [-0.3, -0.25) is 9.69 Å². The van der Waals surface area contributed by atoms with Crippen LogP contribution in [-0.2, 0) is 9.53 Å². The summed E-state index contributed by atoms with van der Waals surface area (Å²) < 4.78 is 10.4. The molecule has 0 spiro atoms. The van der Waals surface area contributed by atoms with Gasteiger partial charge in [0.05, 0.1) is 5.69 Å². The zero-order valence-corrected chi connectivity index (χ0v) is 16.0. The van der Waals surface area contributed by atoms with E-state index in [1.807, 2.05) is 5.38 Å². The number of esters is 1. The molecule has 0 aliphatic heterocycles. The number of nitrogens with zero attached hydrogens (tertiary/aromatic N) is 3. The molecule has 1 amide bonds. The van der Waals surface area contributed by atoms with Crippen molar-refractivity contribution in [1.82, 2.24) is 10.1 Å². The Bertz CT molecular complexity index is 746. The van der Waals surface area contributed by atoms with Gasteiger partial charge in [-0.1, -0.05) is 24.4 Å². The van der Waals surface area contributed by atoms with Crippen molar-refractivity contribution in [3.8, 4) is 0 Å². The highest BCUT2D eigenvalue weighted by atomic mass is 32.1. The average molecular weight is 377 g/mol. The van der Waals surface area contributed by atoms with E-state index in [0.717, 1.165) is 25.7 Å². The minimum Gasteiger partial charge on any atom is -0.449 e. The fraction of sp³-hybridized carbons (Fsp3) is 0.556. The fourth-order valence-electron chi connectivity index (χ4n) is 3.34. The summed E-state index contributed by atoms with van der Waals surface area (Å²) in [6, 6.07) is 0.0996. The van der Waals surface area contributed by atoms with Gasteiger partial charge < -0.3 is 9.26 Å². The van der Waals surface area contributed by atoms with Crippen LogP contribution in [0.25, 0.3) is 0 Å². The maximum atomic E-state index is 13.1. The maximum Gasteiger partial charge on any atom is 0.344 e. The third-order valence-electron chi connectivity index (χ3n) is 4.67. The quantitative estimate of drug-likeness (QED) is 0.739. The molecule has 0 unspecified atom stereocenters. The number of aryl methyl sites for hydroxylation is 2. The number of aromatic nitrogens is 2. The summed E-state index contributed by atoms with van der Waals surface area (Å²) in [6.07, 6.45) is 6.02. The first-order chi connectivity index (χ1) is 12.5.